The van der Waals surface area contributed by atoms with Crippen molar-refractivity contribution in [3.8, 4) is 0 Å². The summed E-state index contributed by atoms with van der Waals surface area (Å²) < 4.78 is 34.4. The molecule has 2 heterocycles. The van der Waals surface area contributed by atoms with E-state index in [0.717, 1.165) is 4.31 Å². The number of nitrogens with two attached hydrogens (primary N) is 1. The number of amides is 2. The van der Waals surface area contributed by atoms with Crippen molar-refractivity contribution in [2.45, 2.75) is 17.4 Å². The topological polar surface area (TPSA) is 122 Å². The summed E-state index contributed by atoms with van der Waals surface area (Å²) in [5.74, 6) is -0.856. The molecule has 0 radical (unpaired) electrons. The number of benzene rings is 2. The molecule has 9 nitrogen and oxygen atoms in total. The lowest BCUT2D eigenvalue weighted by molar-refractivity contribution is -0.132. The fraction of sp³-hybridized carbons (Fsp3) is 0.360. The van der Waals surface area contributed by atoms with Crippen LogP contribution in [0.4, 0.5) is 5.69 Å². The van der Waals surface area contributed by atoms with Crippen LogP contribution in [0.25, 0.3) is 0 Å². The first-order valence-electron chi connectivity index (χ1n) is 11.8. The van der Waals surface area contributed by atoms with Crippen molar-refractivity contribution in [1.29, 1.82) is 0 Å². The van der Waals surface area contributed by atoms with Gasteiger partial charge in [-0.15, -0.1) is 0 Å². The number of rotatable bonds is 1. The molecule has 12 heteroatoms. The second-order valence-corrected chi connectivity index (χ2v) is 11.5. The molecule has 4 bridgehead atoms. The molecule has 0 aliphatic carbocycles. The Kier molecular flexibility index (Phi) is 8.76. The van der Waals surface area contributed by atoms with E-state index < -0.39 is 22.0 Å². The van der Waals surface area contributed by atoms with Gasteiger partial charge in [0.1, 0.15) is 4.90 Å². The summed E-state index contributed by atoms with van der Waals surface area (Å²) in [6.07, 6.45) is 3.50. The van der Waals surface area contributed by atoms with Crippen molar-refractivity contribution in [3.05, 3.63) is 70.2 Å². The molecule has 0 aromatic heterocycles. The molecular formula is C25H28Cl2N4O5S. The van der Waals surface area contributed by atoms with Gasteiger partial charge in [0.05, 0.1) is 41.5 Å². The maximum absolute atomic E-state index is 13.8. The van der Waals surface area contributed by atoms with Gasteiger partial charge in [-0.3, -0.25) is 13.9 Å². The van der Waals surface area contributed by atoms with Gasteiger partial charge in [-0.05, 0) is 36.8 Å². The van der Waals surface area contributed by atoms with E-state index in [2.05, 4.69) is 5.32 Å². The maximum atomic E-state index is 13.8. The van der Waals surface area contributed by atoms with E-state index in [9.17, 15) is 18.0 Å². The van der Waals surface area contributed by atoms with Crippen LogP contribution in [-0.2, 0) is 19.6 Å². The van der Waals surface area contributed by atoms with Crippen LogP contribution in [0.3, 0.4) is 0 Å². The number of hydrogen-bond donors (Lipinski definition) is 2. The molecule has 2 aliphatic heterocycles. The number of halogens is 2. The van der Waals surface area contributed by atoms with Crippen LogP contribution in [0.2, 0.25) is 10.0 Å². The monoisotopic (exact) mass is 566 g/mol. The minimum Gasteiger partial charge on any atom is -0.379 e. The van der Waals surface area contributed by atoms with E-state index in [1.165, 1.54) is 18.2 Å². The van der Waals surface area contributed by atoms with Crippen LogP contribution >= 0.6 is 23.2 Å². The standard InChI is InChI=1S/C25H28Cl2N4O5S/c26-19-5-1-2-7-22(19)31-10-4-3-6-21(28)25(33)30-11-12-36-16-17(15-30)14-29-24(32)18-8-9-20(27)23(13-18)37(31,34)35/h1-5,7-9,13,17,21H,6,10-12,14-16,28H2,(H,29,32)/b4-3+. The van der Waals surface area contributed by atoms with Gasteiger partial charge in [0, 0.05) is 31.1 Å². The summed E-state index contributed by atoms with van der Waals surface area (Å²) >= 11 is 12.7. The van der Waals surface area contributed by atoms with Gasteiger partial charge in [-0.2, -0.15) is 0 Å². The lowest BCUT2D eigenvalue weighted by atomic mass is 10.1. The van der Waals surface area contributed by atoms with Crippen LogP contribution in [0, 0.1) is 5.92 Å². The molecule has 37 heavy (non-hydrogen) atoms. The number of carbonyl (C=O) groups excluding carboxylic acids is 2. The van der Waals surface area contributed by atoms with Gasteiger partial charge in [0.25, 0.3) is 15.9 Å². The van der Waals surface area contributed by atoms with E-state index in [1.807, 2.05) is 0 Å². The molecule has 2 aliphatic rings. The van der Waals surface area contributed by atoms with Gasteiger partial charge in [-0.25, -0.2) is 8.42 Å². The van der Waals surface area contributed by atoms with Gasteiger partial charge >= 0.3 is 0 Å². The summed E-state index contributed by atoms with van der Waals surface area (Å²) in [5, 5.41) is 3.01. The van der Waals surface area contributed by atoms with Gasteiger partial charge in [0.15, 0.2) is 0 Å². The van der Waals surface area contributed by atoms with Crippen molar-refractivity contribution in [2.75, 3.05) is 43.7 Å². The summed E-state index contributed by atoms with van der Waals surface area (Å²) in [7, 11) is -4.25. The Morgan fingerprint density at radius 2 is 1.84 bits per heavy atom. The average molecular weight is 567 g/mol. The van der Waals surface area contributed by atoms with Crippen molar-refractivity contribution in [3.63, 3.8) is 0 Å². The number of nitrogens with one attached hydrogen (secondary N) is 1. The van der Waals surface area contributed by atoms with Gasteiger partial charge < -0.3 is 20.7 Å². The zero-order chi connectivity index (χ0) is 26.6. The molecule has 1 saturated heterocycles. The molecular weight excluding hydrogens is 539 g/mol. The highest BCUT2D eigenvalue weighted by Gasteiger charge is 2.30. The summed E-state index contributed by atoms with van der Waals surface area (Å²) in [4.78, 5) is 27.4. The molecule has 0 saturated carbocycles. The molecule has 2 aromatic rings. The molecule has 2 unspecified atom stereocenters. The Hall–Kier alpha value is -2.63. The Labute approximate surface area is 226 Å². The summed E-state index contributed by atoms with van der Waals surface area (Å²) in [5.41, 5.74) is 6.56. The molecule has 2 aromatic carbocycles. The fourth-order valence-electron chi connectivity index (χ4n) is 4.23. The molecule has 1 fully saturated rings. The van der Waals surface area contributed by atoms with Crippen molar-refractivity contribution in [1.82, 2.24) is 10.2 Å². The normalized spacial score (nSPS) is 24.1. The predicted molar refractivity (Wildman–Crippen MR) is 142 cm³/mol. The lowest BCUT2D eigenvalue weighted by Crippen LogP contribution is -2.47. The van der Waals surface area contributed by atoms with E-state index >= 15 is 0 Å². The summed E-state index contributed by atoms with van der Waals surface area (Å²) in [6.45, 7) is 1.67. The zero-order valence-corrected chi connectivity index (χ0v) is 22.3. The van der Waals surface area contributed by atoms with Crippen LogP contribution < -0.4 is 15.4 Å². The minimum atomic E-state index is -4.25. The maximum Gasteiger partial charge on any atom is 0.266 e. The van der Waals surface area contributed by atoms with E-state index in [0.29, 0.717) is 26.3 Å². The number of carbonyl (C=O) groups is 2. The number of para-hydroxylation sites is 1. The summed E-state index contributed by atoms with van der Waals surface area (Å²) in [6, 6.07) is 9.81. The van der Waals surface area contributed by atoms with E-state index in [1.54, 1.807) is 41.3 Å². The number of sulfonamides is 1. The highest BCUT2D eigenvalue weighted by Crippen LogP contribution is 2.33. The van der Waals surface area contributed by atoms with Crippen molar-refractivity contribution < 1.29 is 22.7 Å². The molecule has 3 N–H and O–H groups in total. The Morgan fingerprint density at radius 1 is 1.05 bits per heavy atom. The van der Waals surface area contributed by atoms with Crippen molar-refractivity contribution >= 4 is 50.7 Å². The third kappa shape index (κ3) is 6.27. The Bertz CT molecular complexity index is 1300. The SMILES string of the molecule is NC1C/C=C/CN(c2ccccc2Cl)S(=O)(=O)c2cc(ccc2Cl)C(=O)NCC2COCCN(C2)C1=O. The van der Waals surface area contributed by atoms with Crippen LogP contribution in [0.5, 0.6) is 0 Å². The van der Waals surface area contributed by atoms with E-state index in [4.69, 9.17) is 33.7 Å². The number of nitrogens with zero attached hydrogens (tertiary/aromatic N) is 2. The van der Waals surface area contributed by atoms with Crippen LogP contribution in [0.1, 0.15) is 16.8 Å². The molecule has 2 atom stereocenters. The van der Waals surface area contributed by atoms with Crippen LogP contribution in [-0.4, -0.2) is 70.6 Å². The minimum absolute atomic E-state index is 0.0315. The first-order valence-corrected chi connectivity index (χ1v) is 14.0. The highest BCUT2D eigenvalue weighted by molar-refractivity contribution is 7.93. The Balaban J connectivity index is 1.77. The van der Waals surface area contributed by atoms with Crippen LogP contribution in [0.15, 0.2) is 59.5 Å². The van der Waals surface area contributed by atoms with Gasteiger partial charge in [-0.1, -0.05) is 47.5 Å². The molecule has 0 spiro atoms. The first kappa shape index (κ1) is 27.4. The first-order chi connectivity index (χ1) is 17.7. The zero-order valence-electron chi connectivity index (χ0n) is 20.0. The highest BCUT2D eigenvalue weighted by atomic mass is 35.5. The second kappa shape index (κ2) is 11.8. The number of ether oxygens (including phenoxy) is 1. The smallest absolute Gasteiger partial charge is 0.266 e. The Morgan fingerprint density at radius 3 is 2.62 bits per heavy atom. The average Bonchev–Trinajstić information content (AvgIpc) is 3.12. The molecule has 4 rings (SSSR count). The molecule has 2 amide bonds. The lowest BCUT2D eigenvalue weighted by Gasteiger charge is -2.26. The molecule has 198 valence electrons. The second-order valence-electron chi connectivity index (χ2n) is 8.88. The number of hydrogen-bond acceptors (Lipinski definition) is 6. The van der Waals surface area contributed by atoms with Gasteiger partial charge in [0.2, 0.25) is 5.91 Å². The number of anilines is 1. The van der Waals surface area contributed by atoms with E-state index in [-0.39, 0.29) is 57.5 Å². The third-order valence-corrected chi connectivity index (χ3v) is 8.81. The number of fused-ring (bicyclic) bond motifs is 4. The quantitative estimate of drug-likeness (QED) is 0.512. The van der Waals surface area contributed by atoms with Crippen molar-refractivity contribution in [2.24, 2.45) is 11.7 Å². The predicted octanol–water partition coefficient (Wildman–Crippen LogP) is 2.68. The third-order valence-electron chi connectivity index (χ3n) is 6.23. The largest absolute Gasteiger partial charge is 0.379 e. The fourth-order valence-corrected chi connectivity index (χ4v) is 6.46.